The quantitative estimate of drug-likeness (QED) is 0.590. The van der Waals surface area contributed by atoms with Gasteiger partial charge in [-0.15, -0.1) is 0 Å². The molecule has 0 bridgehead atoms. The van der Waals surface area contributed by atoms with Crippen LogP contribution in [-0.2, 0) is 0 Å². The topological polar surface area (TPSA) is 101 Å². The highest BCUT2D eigenvalue weighted by atomic mass is 19.1. The van der Waals surface area contributed by atoms with Gasteiger partial charge < -0.3 is 16.4 Å². The fourth-order valence-corrected chi connectivity index (χ4v) is 2.61. The Hall–Kier alpha value is -4.00. The molecule has 3 aromatic carbocycles. The van der Waals surface area contributed by atoms with Crippen LogP contribution in [-0.4, -0.2) is 17.7 Å². The first-order valence-electron chi connectivity index (χ1n) is 8.31. The lowest BCUT2D eigenvalue weighted by Crippen LogP contribution is -2.19. The van der Waals surface area contributed by atoms with Crippen LogP contribution in [0.4, 0.5) is 20.6 Å². The summed E-state index contributed by atoms with van der Waals surface area (Å²) < 4.78 is 13.1. The summed E-state index contributed by atoms with van der Waals surface area (Å²) in [5.41, 5.74) is 6.69. The van der Waals surface area contributed by atoms with Crippen LogP contribution in [0.1, 0.15) is 26.3 Å². The normalized spacial score (nSPS) is 10.2. The van der Waals surface area contributed by atoms with Gasteiger partial charge in [-0.1, -0.05) is 18.2 Å². The molecule has 3 amide bonds. The molecule has 4 N–H and O–H groups in total. The van der Waals surface area contributed by atoms with Gasteiger partial charge >= 0.3 is 6.03 Å². The number of benzene rings is 3. The highest BCUT2D eigenvalue weighted by Gasteiger charge is 2.18. The molecule has 6 nitrogen and oxygen atoms in total. The van der Waals surface area contributed by atoms with E-state index in [-0.39, 0.29) is 22.5 Å². The Bertz CT molecular complexity index is 1030. The number of nitrogens with one attached hydrogen (secondary N) is 2. The third-order valence-electron chi connectivity index (χ3n) is 3.93. The molecule has 0 saturated carbocycles. The molecule has 0 aliphatic rings. The van der Waals surface area contributed by atoms with Crippen LogP contribution in [0.5, 0.6) is 0 Å². The number of nitrogens with two attached hydrogens (primary N) is 1. The smallest absolute Gasteiger partial charge is 0.316 e. The van der Waals surface area contributed by atoms with E-state index in [2.05, 4.69) is 10.6 Å². The van der Waals surface area contributed by atoms with Gasteiger partial charge in [0.1, 0.15) is 5.82 Å². The Labute approximate surface area is 160 Å². The van der Waals surface area contributed by atoms with Crippen molar-refractivity contribution in [2.45, 2.75) is 0 Å². The first kappa shape index (κ1) is 18.8. The first-order valence-corrected chi connectivity index (χ1v) is 8.31. The van der Waals surface area contributed by atoms with Crippen LogP contribution < -0.4 is 16.4 Å². The number of hydrogen-bond acceptors (Lipinski definition) is 3. The number of halogens is 1. The van der Waals surface area contributed by atoms with Crippen LogP contribution >= 0.6 is 0 Å². The SMILES string of the molecule is NC(=O)Nc1ccc(NC(=O)c2ccccc2C(=O)c2ccc(F)cc2)cc1. The minimum atomic E-state index is -0.690. The van der Waals surface area contributed by atoms with Crippen LogP contribution in [0.25, 0.3) is 0 Å². The molecule has 140 valence electrons. The summed E-state index contributed by atoms with van der Waals surface area (Å²) in [6.45, 7) is 0. The molecule has 0 aliphatic carbocycles. The fraction of sp³-hybridized carbons (Fsp3) is 0. The molecular weight excluding hydrogens is 361 g/mol. The molecule has 0 fully saturated rings. The zero-order chi connectivity index (χ0) is 20.1. The van der Waals surface area contributed by atoms with Crippen LogP contribution in [0, 0.1) is 5.82 Å². The molecule has 3 rings (SSSR count). The van der Waals surface area contributed by atoms with E-state index in [4.69, 9.17) is 5.73 Å². The third kappa shape index (κ3) is 4.39. The standard InChI is InChI=1S/C21H16FN3O3/c22-14-7-5-13(6-8-14)19(26)17-3-1-2-4-18(17)20(27)24-15-9-11-16(12-10-15)25-21(23)28/h1-12H,(H,24,27)(H3,23,25,28). The highest BCUT2D eigenvalue weighted by molar-refractivity contribution is 6.17. The summed E-state index contributed by atoms with van der Waals surface area (Å²) in [5.74, 6) is -1.30. The van der Waals surface area contributed by atoms with Gasteiger partial charge in [0.15, 0.2) is 5.78 Å². The monoisotopic (exact) mass is 377 g/mol. The Morgan fingerprint density at radius 1 is 0.714 bits per heavy atom. The zero-order valence-electron chi connectivity index (χ0n) is 14.6. The van der Waals surface area contributed by atoms with Crippen molar-refractivity contribution in [2.24, 2.45) is 5.73 Å². The third-order valence-corrected chi connectivity index (χ3v) is 3.93. The summed E-state index contributed by atoms with van der Waals surface area (Å²) in [6.07, 6.45) is 0. The lowest BCUT2D eigenvalue weighted by molar-refractivity contribution is 0.0996. The van der Waals surface area contributed by atoms with Crippen molar-refractivity contribution < 1.29 is 18.8 Å². The number of rotatable bonds is 5. The number of hydrogen-bond donors (Lipinski definition) is 3. The Morgan fingerprint density at radius 2 is 1.25 bits per heavy atom. The van der Waals surface area contributed by atoms with Crippen LogP contribution in [0.3, 0.4) is 0 Å². The average Bonchev–Trinajstić information content (AvgIpc) is 2.69. The molecule has 0 aromatic heterocycles. The lowest BCUT2D eigenvalue weighted by Gasteiger charge is -2.10. The number of carbonyl (C=O) groups is 3. The number of anilines is 2. The maximum atomic E-state index is 13.1. The van der Waals surface area contributed by atoms with E-state index in [1.165, 1.54) is 30.3 Å². The largest absolute Gasteiger partial charge is 0.351 e. The van der Waals surface area contributed by atoms with Crippen molar-refractivity contribution >= 4 is 29.1 Å². The number of ketones is 1. The van der Waals surface area contributed by atoms with Gasteiger partial charge in [-0.05, 0) is 54.6 Å². The Morgan fingerprint density at radius 3 is 1.82 bits per heavy atom. The average molecular weight is 377 g/mol. The van der Waals surface area contributed by atoms with Crippen molar-refractivity contribution in [2.75, 3.05) is 10.6 Å². The van der Waals surface area contributed by atoms with Gasteiger partial charge in [0.25, 0.3) is 5.91 Å². The molecule has 0 spiro atoms. The van der Waals surface area contributed by atoms with Gasteiger partial charge in [-0.3, -0.25) is 9.59 Å². The molecule has 0 radical (unpaired) electrons. The molecule has 3 aromatic rings. The van der Waals surface area contributed by atoms with Crippen molar-refractivity contribution in [1.82, 2.24) is 0 Å². The molecule has 7 heteroatoms. The maximum absolute atomic E-state index is 13.1. The summed E-state index contributed by atoms with van der Waals surface area (Å²) in [5, 5.41) is 5.12. The zero-order valence-corrected chi connectivity index (χ0v) is 14.6. The first-order chi connectivity index (χ1) is 13.4. The number of primary amides is 1. The van der Waals surface area contributed by atoms with Crippen molar-refractivity contribution in [3.63, 3.8) is 0 Å². The summed E-state index contributed by atoms with van der Waals surface area (Å²) in [6, 6.07) is 17.2. The predicted octanol–water partition coefficient (Wildman–Crippen LogP) is 3.80. The van der Waals surface area contributed by atoms with E-state index in [0.717, 1.165) is 0 Å². The maximum Gasteiger partial charge on any atom is 0.316 e. The second-order valence-electron chi connectivity index (χ2n) is 5.90. The lowest BCUT2D eigenvalue weighted by atomic mass is 9.98. The van der Waals surface area contributed by atoms with Crippen molar-refractivity contribution in [3.8, 4) is 0 Å². The van der Waals surface area contributed by atoms with Crippen molar-refractivity contribution in [1.29, 1.82) is 0 Å². The summed E-state index contributed by atoms with van der Waals surface area (Å²) in [7, 11) is 0. The minimum Gasteiger partial charge on any atom is -0.351 e. The summed E-state index contributed by atoms with van der Waals surface area (Å²) >= 11 is 0. The van der Waals surface area contributed by atoms with E-state index in [0.29, 0.717) is 11.4 Å². The second kappa shape index (κ2) is 8.13. The van der Waals surface area contributed by atoms with Crippen LogP contribution in [0.15, 0.2) is 72.8 Å². The molecule has 0 unspecified atom stereocenters. The van der Waals surface area contributed by atoms with Gasteiger partial charge in [0.05, 0.1) is 5.56 Å². The number of amides is 3. The predicted molar refractivity (Wildman–Crippen MR) is 104 cm³/mol. The molecule has 0 aliphatic heterocycles. The van der Waals surface area contributed by atoms with E-state index in [1.54, 1.807) is 42.5 Å². The molecule has 0 atom stereocenters. The van der Waals surface area contributed by atoms with E-state index >= 15 is 0 Å². The number of carbonyl (C=O) groups excluding carboxylic acids is 3. The Kier molecular flexibility index (Phi) is 5.45. The van der Waals surface area contributed by atoms with E-state index < -0.39 is 17.8 Å². The van der Waals surface area contributed by atoms with Gasteiger partial charge in [-0.25, -0.2) is 9.18 Å². The molecule has 28 heavy (non-hydrogen) atoms. The molecule has 0 heterocycles. The minimum absolute atomic E-state index is 0.191. The molecular formula is C21H16FN3O3. The van der Waals surface area contributed by atoms with Crippen molar-refractivity contribution in [3.05, 3.63) is 95.3 Å². The second-order valence-corrected chi connectivity index (χ2v) is 5.90. The molecule has 0 saturated heterocycles. The summed E-state index contributed by atoms with van der Waals surface area (Å²) in [4.78, 5) is 36.2. The number of urea groups is 1. The highest BCUT2D eigenvalue weighted by Crippen LogP contribution is 2.18. The van der Waals surface area contributed by atoms with Gasteiger partial charge in [0.2, 0.25) is 0 Å². The van der Waals surface area contributed by atoms with Crippen LogP contribution in [0.2, 0.25) is 0 Å². The van der Waals surface area contributed by atoms with E-state index in [9.17, 15) is 18.8 Å². The Balaban J connectivity index is 1.82. The van der Waals surface area contributed by atoms with Gasteiger partial charge in [-0.2, -0.15) is 0 Å². The van der Waals surface area contributed by atoms with Gasteiger partial charge in [0, 0.05) is 22.5 Å². The fourth-order valence-electron chi connectivity index (χ4n) is 2.61. The van der Waals surface area contributed by atoms with E-state index in [1.807, 2.05) is 0 Å².